The van der Waals surface area contributed by atoms with Crippen LogP contribution in [0.3, 0.4) is 0 Å². The smallest absolute Gasteiger partial charge is 0.144 e. The molecule has 15 heavy (non-hydrogen) atoms. The highest BCUT2D eigenvalue weighted by Gasteiger charge is 2.36. The summed E-state index contributed by atoms with van der Waals surface area (Å²) in [6.07, 6.45) is 7.62. The van der Waals surface area contributed by atoms with E-state index in [1.165, 1.54) is 12.8 Å². The summed E-state index contributed by atoms with van der Waals surface area (Å²) in [4.78, 5) is 2.36. The molecule has 1 saturated carbocycles. The molecular weight excluding hydrogens is 188 g/mol. The van der Waals surface area contributed by atoms with Gasteiger partial charge in [-0.3, -0.25) is 5.01 Å². The van der Waals surface area contributed by atoms with Gasteiger partial charge < -0.3 is 10.6 Å². The summed E-state index contributed by atoms with van der Waals surface area (Å²) >= 11 is 0. The molecule has 2 aliphatic rings. The maximum absolute atomic E-state index is 6.13. The normalized spacial score (nSPS) is 23.8. The predicted molar refractivity (Wildman–Crippen MR) is 62.3 cm³/mol. The number of hydrogen-bond donors (Lipinski definition) is 1. The van der Waals surface area contributed by atoms with Gasteiger partial charge in [0.1, 0.15) is 12.5 Å². The van der Waals surface area contributed by atoms with Gasteiger partial charge in [-0.2, -0.15) is 5.10 Å². The van der Waals surface area contributed by atoms with Crippen LogP contribution in [0.2, 0.25) is 0 Å². The first-order valence-corrected chi connectivity index (χ1v) is 5.65. The summed E-state index contributed by atoms with van der Waals surface area (Å²) in [5.41, 5.74) is 6.13. The molecule has 2 rings (SSSR count). The van der Waals surface area contributed by atoms with Crippen molar-refractivity contribution in [2.24, 2.45) is 10.8 Å². The Hall–Kier alpha value is -1.03. The van der Waals surface area contributed by atoms with Crippen molar-refractivity contribution < 1.29 is 0 Å². The van der Waals surface area contributed by atoms with Gasteiger partial charge in [-0.05, 0) is 26.2 Å². The number of nitrogens with zero attached hydrogens (tertiary/aromatic N) is 3. The Balaban J connectivity index is 2.00. The number of rotatable bonds is 4. The third kappa shape index (κ3) is 2.31. The molecule has 0 bridgehead atoms. The van der Waals surface area contributed by atoms with Crippen LogP contribution < -0.4 is 5.73 Å². The van der Waals surface area contributed by atoms with Crippen LogP contribution in [0, 0.1) is 0 Å². The Morgan fingerprint density at radius 1 is 1.60 bits per heavy atom. The average molecular weight is 208 g/mol. The zero-order valence-electron chi connectivity index (χ0n) is 9.56. The van der Waals surface area contributed by atoms with Crippen molar-refractivity contribution in [1.82, 2.24) is 9.91 Å². The lowest BCUT2D eigenvalue weighted by atomic mass is 10.2. The molecule has 4 nitrogen and oxygen atoms in total. The van der Waals surface area contributed by atoms with Gasteiger partial charge in [0.2, 0.25) is 0 Å². The fourth-order valence-corrected chi connectivity index (χ4v) is 1.92. The van der Waals surface area contributed by atoms with Crippen molar-refractivity contribution in [3.63, 3.8) is 0 Å². The van der Waals surface area contributed by atoms with Gasteiger partial charge in [0, 0.05) is 13.1 Å². The fraction of sp³-hybridized carbons (Fsp3) is 0.727. The van der Waals surface area contributed by atoms with E-state index in [1.807, 2.05) is 25.1 Å². The maximum Gasteiger partial charge on any atom is 0.144 e. The van der Waals surface area contributed by atoms with Crippen LogP contribution in [0.25, 0.3) is 0 Å². The lowest BCUT2D eigenvalue weighted by Crippen LogP contribution is -2.42. The van der Waals surface area contributed by atoms with Gasteiger partial charge in [0.15, 0.2) is 0 Å². The van der Waals surface area contributed by atoms with E-state index in [4.69, 9.17) is 5.73 Å². The van der Waals surface area contributed by atoms with Crippen LogP contribution in [0.4, 0.5) is 0 Å². The molecule has 0 aromatic heterocycles. The van der Waals surface area contributed by atoms with Crippen LogP contribution in [-0.2, 0) is 0 Å². The molecule has 1 aliphatic heterocycles. The van der Waals surface area contributed by atoms with E-state index in [9.17, 15) is 0 Å². The van der Waals surface area contributed by atoms with Gasteiger partial charge in [-0.15, -0.1) is 0 Å². The molecule has 0 radical (unpaired) electrons. The minimum absolute atomic E-state index is 0.0479. The minimum Gasteiger partial charge on any atom is -0.335 e. The highest BCUT2D eigenvalue weighted by Crippen LogP contribution is 2.30. The van der Waals surface area contributed by atoms with Crippen LogP contribution in [0.5, 0.6) is 0 Å². The van der Waals surface area contributed by atoms with E-state index in [0.717, 1.165) is 18.9 Å². The third-order valence-electron chi connectivity index (χ3n) is 2.87. The molecule has 0 aromatic rings. The van der Waals surface area contributed by atoms with E-state index in [-0.39, 0.29) is 6.04 Å². The molecule has 0 spiro atoms. The Morgan fingerprint density at radius 3 is 2.93 bits per heavy atom. The van der Waals surface area contributed by atoms with Crippen LogP contribution in [-0.4, -0.2) is 41.5 Å². The molecule has 0 amide bonds. The monoisotopic (exact) mass is 208 g/mol. The predicted octanol–water partition coefficient (Wildman–Crippen LogP) is 0.961. The lowest BCUT2D eigenvalue weighted by Gasteiger charge is -2.22. The first-order valence-electron chi connectivity index (χ1n) is 5.65. The van der Waals surface area contributed by atoms with Crippen molar-refractivity contribution in [2.45, 2.75) is 38.3 Å². The number of nitrogens with two attached hydrogens (primary N) is 1. The molecule has 1 fully saturated rings. The Labute approximate surface area is 91.4 Å². The summed E-state index contributed by atoms with van der Waals surface area (Å²) in [7, 11) is 2.00. The van der Waals surface area contributed by atoms with E-state index in [2.05, 4.69) is 16.1 Å². The highest BCUT2D eigenvalue weighted by molar-refractivity contribution is 5.88. The molecule has 4 heteroatoms. The Kier molecular flexibility index (Phi) is 2.95. The lowest BCUT2D eigenvalue weighted by molar-refractivity contribution is 0.269. The molecule has 0 aromatic carbocycles. The van der Waals surface area contributed by atoms with E-state index in [0.29, 0.717) is 6.04 Å². The molecule has 1 heterocycles. The standard InChI is InChI=1S/C11H20N4/c1-3-4-5-10(12)11-13-14(2)8-15(11)9-6-7-9/h3-4,9-10H,5-8,12H2,1-2H3/b4-3-. The SMILES string of the molecule is C/C=C\CC(N)C1=NN(C)CN1C1CC1. The molecule has 84 valence electrons. The first kappa shape index (κ1) is 10.5. The second-order valence-corrected chi connectivity index (χ2v) is 4.37. The molecular formula is C11H20N4. The molecule has 0 saturated heterocycles. The van der Waals surface area contributed by atoms with E-state index in [1.54, 1.807) is 0 Å². The van der Waals surface area contributed by atoms with Gasteiger partial charge in [-0.1, -0.05) is 12.2 Å². The molecule has 1 unspecified atom stereocenters. The van der Waals surface area contributed by atoms with Crippen LogP contribution in [0.1, 0.15) is 26.2 Å². The summed E-state index contributed by atoms with van der Waals surface area (Å²) in [6.45, 7) is 2.93. The largest absolute Gasteiger partial charge is 0.335 e. The zero-order chi connectivity index (χ0) is 10.8. The Bertz CT molecular complexity index is 280. The second kappa shape index (κ2) is 4.23. The zero-order valence-corrected chi connectivity index (χ0v) is 9.56. The second-order valence-electron chi connectivity index (χ2n) is 4.37. The molecule has 2 N–H and O–H groups in total. The quantitative estimate of drug-likeness (QED) is 0.700. The number of hydrazone groups is 1. The minimum atomic E-state index is 0.0479. The maximum atomic E-state index is 6.13. The average Bonchev–Trinajstić information content (AvgIpc) is 2.98. The van der Waals surface area contributed by atoms with Crippen LogP contribution in [0.15, 0.2) is 17.3 Å². The highest BCUT2D eigenvalue weighted by atomic mass is 15.6. The van der Waals surface area contributed by atoms with Gasteiger partial charge in [0.05, 0.1) is 6.04 Å². The van der Waals surface area contributed by atoms with Crippen LogP contribution >= 0.6 is 0 Å². The van der Waals surface area contributed by atoms with E-state index < -0.39 is 0 Å². The number of allylic oxidation sites excluding steroid dienone is 1. The number of hydrogen-bond acceptors (Lipinski definition) is 4. The summed E-state index contributed by atoms with van der Waals surface area (Å²) in [6, 6.07) is 0.747. The van der Waals surface area contributed by atoms with Crippen molar-refractivity contribution >= 4 is 5.84 Å². The van der Waals surface area contributed by atoms with Crippen molar-refractivity contribution in [1.29, 1.82) is 0 Å². The third-order valence-corrected chi connectivity index (χ3v) is 2.87. The molecule has 1 aliphatic carbocycles. The summed E-state index contributed by atoms with van der Waals surface area (Å²) in [5, 5.41) is 6.48. The van der Waals surface area contributed by atoms with Gasteiger partial charge >= 0.3 is 0 Å². The van der Waals surface area contributed by atoms with Gasteiger partial charge in [-0.25, -0.2) is 0 Å². The summed E-state index contributed by atoms with van der Waals surface area (Å²) < 4.78 is 0. The van der Waals surface area contributed by atoms with Crippen molar-refractivity contribution in [3.05, 3.63) is 12.2 Å². The first-order chi connectivity index (χ1) is 7.22. The van der Waals surface area contributed by atoms with Gasteiger partial charge in [0.25, 0.3) is 0 Å². The Morgan fingerprint density at radius 2 is 2.33 bits per heavy atom. The van der Waals surface area contributed by atoms with Crippen molar-refractivity contribution in [2.75, 3.05) is 13.7 Å². The number of amidine groups is 1. The molecule has 1 atom stereocenters. The van der Waals surface area contributed by atoms with Crippen molar-refractivity contribution in [3.8, 4) is 0 Å². The topological polar surface area (TPSA) is 44.9 Å². The summed E-state index contributed by atoms with van der Waals surface area (Å²) in [5.74, 6) is 1.07. The van der Waals surface area contributed by atoms with E-state index >= 15 is 0 Å². The fourth-order valence-electron chi connectivity index (χ4n) is 1.92.